The summed E-state index contributed by atoms with van der Waals surface area (Å²) in [5.41, 5.74) is 1.42. The van der Waals surface area contributed by atoms with E-state index in [1.54, 1.807) is 41.9 Å². The van der Waals surface area contributed by atoms with Crippen LogP contribution in [0, 0.1) is 0 Å². The van der Waals surface area contributed by atoms with Gasteiger partial charge in [0.15, 0.2) is 0 Å². The van der Waals surface area contributed by atoms with E-state index in [2.05, 4.69) is 10.3 Å². The molecule has 4 amide bonds. The third-order valence-electron chi connectivity index (χ3n) is 6.11. The molecule has 2 aliphatic rings. The fourth-order valence-electron chi connectivity index (χ4n) is 4.27. The Hall–Kier alpha value is -3.63. The fraction of sp³-hybridized carbons (Fsp3) is 0.240. The van der Waals surface area contributed by atoms with Crippen LogP contribution < -0.4 is 10.9 Å². The van der Waals surface area contributed by atoms with Crippen LogP contribution in [0.5, 0.6) is 0 Å². The molecule has 1 fully saturated rings. The molecule has 184 valence electrons. The van der Waals surface area contributed by atoms with E-state index in [-0.39, 0.29) is 43.4 Å². The Morgan fingerprint density at radius 3 is 2.75 bits per heavy atom. The summed E-state index contributed by atoms with van der Waals surface area (Å²) in [6.07, 6.45) is 3.40. The number of aromatic nitrogens is 2. The first kappa shape index (κ1) is 24.1. The Kier molecular flexibility index (Phi) is 6.80. The van der Waals surface area contributed by atoms with Gasteiger partial charge >= 0.3 is 6.03 Å². The monoisotopic (exact) mass is 523 g/mol. The lowest BCUT2D eigenvalue weighted by molar-refractivity contribution is -0.132. The molecule has 3 aromatic rings. The predicted molar refractivity (Wildman–Crippen MR) is 136 cm³/mol. The van der Waals surface area contributed by atoms with E-state index in [0.29, 0.717) is 16.4 Å². The van der Waals surface area contributed by atoms with Crippen LogP contribution in [0.4, 0.5) is 4.79 Å². The number of amides is 4. The molecular formula is C25H22ClN5O4S. The van der Waals surface area contributed by atoms with E-state index in [4.69, 9.17) is 11.6 Å². The van der Waals surface area contributed by atoms with Crippen LogP contribution in [0.1, 0.15) is 17.7 Å². The molecule has 2 atom stereocenters. The van der Waals surface area contributed by atoms with Crippen molar-refractivity contribution >= 4 is 46.9 Å². The SMILES string of the molecule is O=C(CCN1C(=O)C2SC=CC2N(Cc2cc(=O)n3ccccc3n2)C1=O)NCc1ccccc1Cl. The largest absolute Gasteiger partial charge is 0.352 e. The normalized spacial score (nSPS) is 19.1. The highest BCUT2D eigenvalue weighted by molar-refractivity contribution is 8.03. The van der Waals surface area contributed by atoms with Gasteiger partial charge in [-0.2, -0.15) is 0 Å². The lowest BCUT2D eigenvalue weighted by atomic mass is 10.1. The summed E-state index contributed by atoms with van der Waals surface area (Å²) < 4.78 is 1.42. The van der Waals surface area contributed by atoms with Gasteiger partial charge in [-0.05, 0) is 29.2 Å². The standard InChI is InChI=1S/C25H22ClN5O4S/c26-18-6-2-1-5-16(18)14-27-21(32)8-11-30-24(34)23-19(9-12-36-23)31(25(30)35)15-17-13-22(33)29-10-4-3-7-20(29)28-17/h1-7,9-10,12-13,19,23H,8,11,14-15H2,(H,27,32). The second-order valence-corrected chi connectivity index (χ2v) is 9.87. The minimum Gasteiger partial charge on any atom is -0.352 e. The predicted octanol–water partition coefficient (Wildman–Crippen LogP) is 2.82. The van der Waals surface area contributed by atoms with Gasteiger partial charge in [0.1, 0.15) is 10.9 Å². The van der Waals surface area contributed by atoms with Crippen LogP contribution in [-0.4, -0.2) is 54.9 Å². The van der Waals surface area contributed by atoms with E-state index < -0.39 is 17.3 Å². The first-order valence-electron chi connectivity index (χ1n) is 11.3. The molecule has 36 heavy (non-hydrogen) atoms. The van der Waals surface area contributed by atoms with Crippen molar-refractivity contribution in [3.63, 3.8) is 0 Å². The number of hydrogen-bond acceptors (Lipinski definition) is 6. The van der Waals surface area contributed by atoms with E-state index >= 15 is 0 Å². The van der Waals surface area contributed by atoms with Gasteiger partial charge in [0, 0.05) is 36.8 Å². The van der Waals surface area contributed by atoms with Crippen molar-refractivity contribution < 1.29 is 14.4 Å². The molecule has 9 nitrogen and oxygen atoms in total. The number of carbonyl (C=O) groups excluding carboxylic acids is 3. The van der Waals surface area contributed by atoms with Gasteiger partial charge in [-0.15, -0.1) is 11.8 Å². The lowest BCUT2D eigenvalue weighted by Crippen LogP contribution is -2.61. The molecular weight excluding hydrogens is 502 g/mol. The minimum absolute atomic E-state index is 0.0408. The molecule has 0 bridgehead atoms. The molecule has 11 heteroatoms. The quantitative estimate of drug-likeness (QED) is 0.511. The third kappa shape index (κ3) is 4.74. The molecule has 2 aromatic heterocycles. The van der Waals surface area contributed by atoms with Gasteiger partial charge in [-0.3, -0.25) is 23.7 Å². The number of nitrogens with one attached hydrogen (secondary N) is 1. The van der Waals surface area contributed by atoms with Crippen molar-refractivity contribution in [1.29, 1.82) is 0 Å². The number of rotatable bonds is 7. The topological polar surface area (TPSA) is 104 Å². The number of pyridine rings is 1. The Labute approximate surface area is 215 Å². The molecule has 2 unspecified atom stereocenters. The Bertz CT molecular complexity index is 1440. The van der Waals surface area contributed by atoms with Gasteiger partial charge < -0.3 is 10.2 Å². The van der Waals surface area contributed by atoms with Crippen molar-refractivity contribution in [2.75, 3.05) is 6.54 Å². The van der Waals surface area contributed by atoms with Gasteiger partial charge in [-0.1, -0.05) is 41.9 Å². The summed E-state index contributed by atoms with van der Waals surface area (Å²) in [4.78, 5) is 58.6. The molecule has 2 aliphatic heterocycles. The Morgan fingerprint density at radius 1 is 1.11 bits per heavy atom. The first-order valence-corrected chi connectivity index (χ1v) is 12.7. The fourth-order valence-corrected chi connectivity index (χ4v) is 5.53. The average Bonchev–Trinajstić information content (AvgIpc) is 3.36. The second-order valence-electron chi connectivity index (χ2n) is 8.41. The molecule has 0 radical (unpaired) electrons. The number of hydrogen-bond donors (Lipinski definition) is 1. The van der Waals surface area contributed by atoms with Crippen LogP contribution in [-0.2, 0) is 22.7 Å². The Balaban J connectivity index is 1.29. The van der Waals surface area contributed by atoms with Crippen LogP contribution in [0.15, 0.2) is 71.0 Å². The van der Waals surface area contributed by atoms with Crippen LogP contribution in [0.3, 0.4) is 0 Å². The molecule has 1 saturated heterocycles. The van der Waals surface area contributed by atoms with Crippen molar-refractivity contribution in [2.24, 2.45) is 0 Å². The molecule has 0 saturated carbocycles. The van der Waals surface area contributed by atoms with Gasteiger partial charge in [0.05, 0.1) is 18.3 Å². The molecule has 0 spiro atoms. The highest BCUT2D eigenvalue weighted by Gasteiger charge is 2.47. The molecule has 1 aromatic carbocycles. The number of nitrogens with zero attached hydrogens (tertiary/aromatic N) is 4. The zero-order valence-corrected chi connectivity index (χ0v) is 20.6. The maximum atomic E-state index is 13.4. The summed E-state index contributed by atoms with van der Waals surface area (Å²) in [5, 5.41) is 4.63. The highest BCUT2D eigenvalue weighted by atomic mass is 35.5. The summed E-state index contributed by atoms with van der Waals surface area (Å²) in [5.74, 6) is -0.632. The van der Waals surface area contributed by atoms with E-state index in [1.165, 1.54) is 27.1 Å². The van der Waals surface area contributed by atoms with Crippen molar-refractivity contribution in [3.8, 4) is 0 Å². The zero-order valence-electron chi connectivity index (χ0n) is 19.0. The number of thioether (sulfide) groups is 1. The molecule has 1 N–H and O–H groups in total. The van der Waals surface area contributed by atoms with Gasteiger partial charge in [-0.25, -0.2) is 9.78 Å². The first-order chi connectivity index (χ1) is 17.4. The van der Waals surface area contributed by atoms with E-state index in [1.807, 2.05) is 18.2 Å². The number of carbonyl (C=O) groups is 3. The number of urea groups is 1. The zero-order chi connectivity index (χ0) is 25.2. The number of benzene rings is 1. The minimum atomic E-state index is -0.512. The summed E-state index contributed by atoms with van der Waals surface area (Å²) in [6.45, 7) is 0.258. The third-order valence-corrected chi connectivity index (χ3v) is 7.57. The Morgan fingerprint density at radius 2 is 1.92 bits per heavy atom. The summed E-state index contributed by atoms with van der Waals surface area (Å²) in [6, 6.07) is 12.9. The smallest absolute Gasteiger partial charge is 0.327 e. The van der Waals surface area contributed by atoms with Gasteiger partial charge in [0.2, 0.25) is 11.8 Å². The van der Waals surface area contributed by atoms with E-state index in [0.717, 1.165) is 10.5 Å². The second kappa shape index (κ2) is 10.2. The molecule has 0 aliphatic carbocycles. The lowest BCUT2D eigenvalue weighted by Gasteiger charge is -2.41. The highest BCUT2D eigenvalue weighted by Crippen LogP contribution is 2.35. The van der Waals surface area contributed by atoms with Crippen molar-refractivity contribution in [3.05, 3.63) is 92.8 Å². The number of imide groups is 1. The van der Waals surface area contributed by atoms with Crippen molar-refractivity contribution in [1.82, 2.24) is 24.5 Å². The number of fused-ring (bicyclic) bond motifs is 2. The van der Waals surface area contributed by atoms with Crippen LogP contribution >= 0.6 is 23.4 Å². The van der Waals surface area contributed by atoms with E-state index in [9.17, 15) is 19.2 Å². The molecule has 5 rings (SSSR count). The maximum Gasteiger partial charge on any atom is 0.327 e. The van der Waals surface area contributed by atoms with Crippen LogP contribution in [0.2, 0.25) is 5.02 Å². The number of halogens is 1. The summed E-state index contributed by atoms with van der Waals surface area (Å²) in [7, 11) is 0. The van der Waals surface area contributed by atoms with Crippen molar-refractivity contribution in [2.45, 2.75) is 30.8 Å². The summed E-state index contributed by atoms with van der Waals surface area (Å²) >= 11 is 7.47. The maximum absolute atomic E-state index is 13.4. The van der Waals surface area contributed by atoms with Crippen LogP contribution in [0.25, 0.3) is 5.65 Å². The van der Waals surface area contributed by atoms with Gasteiger partial charge in [0.25, 0.3) is 5.56 Å². The molecule has 4 heterocycles. The average molecular weight is 524 g/mol.